The largest absolute Gasteiger partial charge is 0.468 e. The number of hydrogen-bond acceptors (Lipinski definition) is 6. The van der Waals surface area contributed by atoms with Gasteiger partial charge in [-0.25, -0.2) is 4.98 Å². The normalized spacial score (nSPS) is 11.2. The molecule has 0 radical (unpaired) electrons. The quantitative estimate of drug-likeness (QED) is 0.910. The highest BCUT2D eigenvalue weighted by atomic mass is 32.1. The summed E-state index contributed by atoms with van der Waals surface area (Å²) in [5.41, 5.74) is 0.472. The zero-order valence-electron chi connectivity index (χ0n) is 10.4. The first-order valence-electron chi connectivity index (χ1n) is 5.65. The van der Waals surface area contributed by atoms with Crippen LogP contribution < -0.4 is 10.1 Å². The van der Waals surface area contributed by atoms with Gasteiger partial charge in [-0.1, -0.05) is 6.07 Å². The van der Waals surface area contributed by atoms with Gasteiger partial charge in [0.25, 0.3) is 5.91 Å². The van der Waals surface area contributed by atoms with Gasteiger partial charge in [0.2, 0.25) is 5.88 Å². The van der Waals surface area contributed by atoms with Gasteiger partial charge in [-0.15, -0.1) is 0 Å². The third-order valence-electron chi connectivity index (χ3n) is 2.26. The Morgan fingerprint density at radius 1 is 1.43 bits per heavy atom. The fraction of sp³-hybridized carbons (Fsp3) is 0.273. The van der Waals surface area contributed by atoms with Crippen LogP contribution in [-0.2, 0) is 6.54 Å². The summed E-state index contributed by atoms with van der Waals surface area (Å²) >= 11 is 0.881. The van der Waals surface area contributed by atoms with E-state index in [0.717, 1.165) is 11.7 Å². The lowest BCUT2D eigenvalue weighted by Gasteiger charge is -2.12. The average Bonchev–Trinajstić information content (AvgIpc) is 2.96. The number of carbonyl (C=O) groups is 1. The molecule has 0 aliphatic rings. The van der Waals surface area contributed by atoms with Gasteiger partial charge >= 0.3 is 6.18 Å². The Morgan fingerprint density at radius 3 is 2.90 bits per heavy atom. The minimum absolute atomic E-state index is 0.0304. The molecule has 0 saturated heterocycles. The lowest BCUT2D eigenvalue weighted by Crippen LogP contribution is -2.24. The molecular formula is C11H9F3N4O2S. The Labute approximate surface area is 121 Å². The summed E-state index contributed by atoms with van der Waals surface area (Å²) in [5.74, 6) is -0.652. The molecule has 10 heteroatoms. The third kappa shape index (κ3) is 4.67. The summed E-state index contributed by atoms with van der Waals surface area (Å²) in [5, 5.41) is 2.50. The smallest absolute Gasteiger partial charge is 0.422 e. The lowest BCUT2D eigenvalue weighted by molar-refractivity contribution is -0.154. The van der Waals surface area contributed by atoms with Crippen molar-refractivity contribution in [2.24, 2.45) is 0 Å². The maximum atomic E-state index is 12.1. The molecule has 0 aliphatic heterocycles. The van der Waals surface area contributed by atoms with Crippen LogP contribution in [0.15, 0.2) is 24.5 Å². The van der Waals surface area contributed by atoms with E-state index >= 15 is 0 Å². The Kier molecular flexibility index (Phi) is 4.68. The summed E-state index contributed by atoms with van der Waals surface area (Å²) in [6.45, 7) is -1.47. The number of aromatic nitrogens is 3. The number of hydrogen-bond donors (Lipinski definition) is 1. The molecule has 112 valence electrons. The Balaban J connectivity index is 1.98. The van der Waals surface area contributed by atoms with Crippen molar-refractivity contribution in [2.45, 2.75) is 12.7 Å². The molecule has 21 heavy (non-hydrogen) atoms. The van der Waals surface area contributed by atoms with Crippen LogP contribution in [0.4, 0.5) is 13.2 Å². The maximum absolute atomic E-state index is 12.1. The number of nitrogens with zero attached hydrogens (tertiary/aromatic N) is 3. The first-order chi connectivity index (χ1) is 9.96. The van der Waals surface area contributed by atoms with Crippen molar-refractivity contribution in [2.75, 3.05) is 6.61 Å². The molecule has 0 aliphatic carbocycles. The molecule has 0 atom stereocenters. The fourth-order valence-corrected chi connectivity index (χ4v) is 1.78. The van der Waals surface area contributed by atoms with E-state index in [9.17, 15) is 18.0 Å². The second kappa shape index (κ2) is 6.48. The Morgan fingerprint density at radius 2 is 2.24 bits per heavy atom. The molecule has 1 N–H and O–H groups in total. The molecule has 0 fully saturated rings. The topological polar surface area (TPSA) is 77.0 Å². The fourth-order valence-electron chi connectivity index (χ4n) is 1.37. The van der Waals surface area contributed by atoms with Gasteiger partial charge < -0.3 is 10.1 Å². The van der Waals surface area contributed by atoms with Crippen molar-refractivity contribution in [3.63, 3.8) is 0 Å². The van der Waals surface area contributed by atoms with Gasteiger partial charge in [-0.3, -0.25) is 4.79 Å². The van der Waals surface area contributed by atoms with Crippen molar-refractivity contribution in [3.05, 3.63) is 35.8 Å². The number of carbonyl (C=O) groups excluding carboxylic acids is 1. The van der Waals surface area contributed by atoms with Gasteiger partial charge in [-0.05, 0) is 6.07 Å². The molecule has 2 aromatic heterocycles. The molecule has 1 amide bonds. The molecule has 2 rings (SSSR count). The number of ether oxygens (including phenoxy) is 1. The number of alkyl halides is 3. The lowest BCUT2D eigenvalue weighted by atomic mass is 10.2. The van der Waals surface area contributed by atoms with Crippen LogP contribution in [0.5, 0.6) is 5.88 Å². The van der Waals surface area contributed by atoms with Crippen LogP contribution in [0.2, 0.25) is 0 Å². The molecule has 0 aromatic carbocycles. The first kappa shape index (κ1) is 15.2. The number of nitrogens with one attached hydrogen (secondary N) is 1. The minimum atomic E-state index is -4.45. The molecule has 0 spiro atoms. The molecule has 2 aromatic rings. The summed E-state index contributed by atoms with van der Waals surface area (Å²) in [4.78, 5) is 15.4. The summed E-state index contributed by atoms with van der Waals surface area (Å²) < 4.78 is 48.4. The van der Waals surface area contributed by atoms with E-state index in [2.05, 4.69) is 23.8 Å². The Bertz CT molecular complexity index is 604. The van der Waals surface area contributed by atoms with Gasteiger partial charge in [-0.2, -0.15) is 21.9 Å². The molecule has 2 heterocycles. The standard InChI is InChI=1S/C11H9F3N4O2S/c12-11(13,14)6-20-10-7(2-1-3-15-10)4-16-9(19)8-5-17-21-18-8/h1-3,5H,4,6H2,(H,16,19). The van der Waals surface area contributed by atoms with Crippen molar-refractivity contribution in [3.8, 4) is 5.88 Å². The van der Waals surface area contributed by atoms with Gasteiger partial charge in [0.1, 0.15) is 0 Å². The molecule has 0 saturated carbocycles. The highest BCUT2D eigenvalue weighted by Gasteiger charge is 2.29. The predicted octanol–water partition coefficient (Wildman–Crippen LogP) is 1.80. The SMILES string of the molecule is O=C(NCc1cccnc1OCC(F)(F)F)c1cnsn1. The first-order valence-corrected chi connectivity index (χ1v) is 6.38. The van der Waals surface area contributed by atoms with Crippen LogP contribution in [0, 0.1) is 0 Å². The van der Waals surface area contributed by atoms with Gasteiger partial charge in [0.15, 0.2) is 12.3 Å². The number of amides is 1. The molecule has 6 nitrogen and oxygen atoms in total. The van der Waals surface area contributed by atoms with E-state index in [1.807, 2.05) is 0 Å². The van der Waals surface area contributed by atoms with E-state index in [1.165, 1.54) is 24.5 Å². The highest BCUT2D eigenvalue weighted by Crippen LogP contribution is 2.19. The van der Waals surface area contributed by atoms with Crippen LogP contribution in [0.1, 0.15) is 16.1 Å². The zero-order chi connectivity index (χ0) is 15.3. The van der Waals surface area contributed by atoms with E-state index in [4.69, 9.17) is 0 Å². The van der Waals surface area contributed by atoms with Crippen LogP contribution >= 0.6 is 11.7 Å². The van der Waals surface area contributed by atoms with Gasteiger partial charge in [0.05, 0.1) is 17.9 Å². The van der Waals surface area contributed by atoms with E-state index in [1.54, 1.807) is 0 Å². The number of pyridine rings is 1. The van der Waals surface area contributed by atoms with E-state index in [-0.39, 0.29) is 18.1 Å². The number of rotatable bonds is 5. The number of halogens is 3. The maximum Gasteiger partial charge on any atom is 0.422 e. The second-order valence-corrected chi connectivity index (χ2v) is 4.40. The predicted molar refractivity (Wildman–Crippen MR) is 66.9 cm³/mol. The van der Waals surface area contributed by atoms with Crippen LogP contribution in [0.25, 0.3) is 0 Å². The van der Waals surface area contributed by atoms with Gasteiger partial charge in [0, 0.05) is 18.3 Å². The van der Waals surface area contributed by atoms with Crippen LogP contribution in [0.3, 0.4) is 0 Å². The average molecular weight is 318 g/mol. The summed E-state index contributed by atoms with van der Waals surface area (Å²) in [6, 6.07) is 3.05. The third-order valence-corrected chi connectivity index (χ3v) is 2.73. The van der Waals surface area contributed by atoms with Crippen molar-refractivity contribution < 1.29 is 22.7 Å². The molecular weight excluding hydrogens is 309 g/mol. The van der Waals surface area contributed by atoms with E-state index in [0.29, 0.717) is 5.56 Å². The highest BCUT2D eigenvalue weighted by molar-refractivity contribution is 6.99. The minimum Gasteiger partial charge on any atom is -0.468 e. The molecule has 0 bridgehead atoms. The van der Waals surface area contributed by atoms with Crippen molar-refractivity contribution in [1.82, 2.24) is 19.0 Å². The molecule has 0 unspecified atom stereocenters. The monoisotopic (exact) mass is 318 g/mol. The summed E-state index contributed by atoms with van der Waals surface area (Å²) in [7, 11) is 0. The second-order valence-electron chi connectivity index (χ2n) is 3.85. The van der Waals surface area contributed by atoms with Crippen molar-refractivity contribution >= 4 is 17.6 Å². The van der Waals surface area contributed by atoms with E-state index < -0.39 is 18.7 Å². The van der Waals surface area contributed by atoms with Crippen molar-refractivity contribution in [1.29, 1.82) is 0 Å². The van der Waals surface area contributed by atoms with Crippen LogP contribution in [-0.4, -0.2) is 32.4 Å². The Hall–Kier alpha value is -2.23. The zero-order valence-corrected chi connectivity index (χ0v) is 11.2. The summed E-state index contributed by atoms with van der Waals surface area (Å²) in [6.07, 6.45) is -1.85.